The number of likely N-dealkylation sites (tertiary alicyclic amines) is 1. The Hall–Kier alpha value is -3.09. The number of carbonyl (C=O) groups is 1. The van der Waals surface area contributed by atoms with Gasteiger partial charge in [0.05, 0.1) is 18.0 Å². The molecule has 158 valence electrons. The molecule has 1 unspecified atom stereocenters. The van der Waals surface area contributed by atoms with Crippen molar-refractivity contribution in [2.75, 3.05) is 19.8 Å². The van der Waals surface area contributed by atoms with Crippen LogP contribution in [0.3, 0.4) is 0 Å². The average molecular weight is 409 g/mol. The third-order valence-corrected chi connectivity index (χ3v) is 5.57. The number of aromatic nitrogens is 3. The number of hydrogen-bond acceptors (Lipinski definition) is 5. The Balaban J connectivity index is 1.48. The lowest BCUT2D eigenvalue weighted by Crippen LogP contribution is -2.34. The van der Waals surface area contributed by atoms with E-state index in [0.717, 1.165) is 53.0 Å². The van der Waals surface area contributed by atoms with Gasteiger partial charge in [-0.2, -0.15) is 0 Å². The molecule has 0 N–H and O–H groups in total. The lowest BCUT2D eigenvalue weighted by Gasteiger charge is -2.25. The fraction of sp³-hybridized carbons (Fsp3) is 0.435. The largest absolute Gasteiger partial charge is 0.494 e. The molecule has 1 amide bonds. The predicted octanol–water partition coefficient (Wildman–Crippen LogP) is 3.73. The van der Waals surface area contributed by atoms with Crippen LogP contribution in [0.1, 0.15) is 42.6 Å². The van der Waals surface area contributed by atoms with Crippen LogP contribution in [0.25, 0.3) is 11.0 Å². The summed E-state index contributed by atoms with van der Waals surface area (Å²) >= 11 is 0. The van der Waals surface area contributed by atoms with Crippen molar-refractivity contribution in [2.45, 2.75) is 39.7 Å². The van der Waals surface area contributed by atoms with Crippen molar-refractivity contribution in [1.29, 1.82) is 0 Å². The minimum Gasteiger partial charge on any atom is -0.494 e. The van der Waals surface area contributed by atoms with Crippen molar-refractivity contribution in [3.05, 3.63) is 47.2 Å². The molecule has 1 aliphatic rings. The highest BCUT2D eigenvalue weighted by Crippen LogP contribution is 2.33. The Labute approximate surface area is 176 Å². The van der Waals surface area contributed by atoms with Gasteiger partial charge in [-0.15, -0.1) is 5.10 Å². The summed E-state index contributed by atoms with van der Waals surface area (Å²) in [7, 11) is 1.84. The van der Waals surface area contributed by atoms with E-state index in [2.05, 4.69) is 10.1 Å². The summed E-state index contributed by atoms with van der Waals surface area (Å²) in [5.41, 5.74) is 3.87. The molecule has 1 atom stereocenters. The van der Waals surface area contributed by atoms with Crippen molar-refractivity contribution in [1.82, 2.24) is 19.7 Å². The zero-order chi connectivity index (χ0) is 21.3. The van der Waals surface area contributed by atoms with Crippen molar-refractivity contribution >= 4 is 16.9 Å². The Morgan fingerprint density at radius 1 is 1.20 bits per heavy atom. The van der Waals surface area contributed by atoms with Gasteiger partial charge < -0.3 is 14.4 Å². The fourth-order valence-electron chi connectivity index (χ4n) is 4.23. The van der Waals surface area contributed by atoms with Gasteiger partial charge in [-0.25, -0.2) is 9.67 Å². The predicted molar refractivity (Wildman–Crippen MR) is 115 cm³/mol. The average Bonchev–Trinajstić information content (AvgIpc) is 3.32. The molecule has 30 heavy (non-hydrogen) atoms. The minimum atomic E-state index is -0.0348. The molecular weight excluding hydrogens is 380 g/mol. The molecule has 3 heterocycles. The standard InChI is InChI=1S/C23H28N4O3/c1-5-29-18-10-8-17(9-11-18)19-7-6-12-27(19)20(28)14-30-23-21-15(2)13-16(3)24-22(21)26(4)25-23/h8-11,13,19H,5-7,12,14H2,1-4H3. The van der Waals surface area contributed by atoms with Gasteiger partial charge in [0.1, 0.15) is 5.75 Å². The smallest absolute Gasteiger partial charge is 0.261 e. The topological polar surface area (TPSA) is 69.5 Å². The SMILES string of the molecule is CCOc1ccc(C2CCCN2C(=O)COc2nn(C)c3nc(C)cc(C)c23)cc1. The molecule has 1 saturated heterocycles. The van der Waals surface area contributed by atoms with E-state index in [4.69, 9.17) is 9.47 Å². The summed E-state index contributed by atoms with van der Waals surface area (Å²) in [6.07, 6.45) is 1.94. The summed E-state index contributed by atoms with van der Waals surface area (Å²) in [6, 6.07) is 10.1. The number of ether oxygens (including phenoxy) is 2. The number of carbonyl (C=O) groups excluding carboxylic acids is 1. The molecule has 2 aromatic heterocycles. The minimum absolute atomic E-state index is 0.0251. The van der Waals surface area contributed by atoms with Gasteiger partial charge in [0.25, 0.3) is 5.91 Å². The molecule has 4 rings (SSSR count). The van der Waals surface area contributed by atoms with Crippen LogP contribution in [0, 0.1) is 13.8 Å². The van der Waals surface area contributed by atoms with E-state index >= 15 is 0 Å². The zero-order valence-electron chi connectivity index (χ0n) is 18.0. The first-order chi connectivity index (χ1) is 14.5. The molecule has 7 heteroatoms. The first-order valence-electron chi connectivity index (χ1n) is 10.4. The number of pyridine rings is 1. The van der Waals surface area contributed by atoms with Gasteiger partial charge in [0.15, 0.2) is 12.3 Å². The van der Waals surface area contributed by atoms with Crippen LogP contribution in [-0.2, 0) is 11.8 Å². The van der Waals surface area contributed by atoms with Crippen LogP contribution in [-0.4, -0.2) is 45.3 Å². The van der Waals surface area contributed by atoms with Crippen molar-refractivity contribution < 1.29 is 14.3 Å². The number of benzene rings is 1. The molecule has 0 saturated carbocycles. The molecule has 0 bridgehead atoms. The van der Waals surface area contributed by atoms with E-state index in [-0.39, 0.29) is 18.6 Å². The zero-order valence-corrected chi connectivity index (χ0v) is 18.0. The highest BCUT2D eigenvalue weighted by Gasteiger charge is 2.30. The lowest BCUT2D eigenvalue weighted by molar-refractivity contribution is -0.134. The van der Waals surface area contributed by atoms with E-state index in [1.807, 2.05) is 63.1 Å². The van der Waals surface area contributed by atoms with Gasteiger partial charge in [-0.1, -0.05) is 12.1 Å². The van der Waals surface area contributed by atoms with Crippen LogP contribution in [0.15, 0.2) is 30.3 Å². The molecule has 1 fully saturated rings. The van der Waals surface area contributed by atoms with E-state index in [0.29, 0.717) is 12.5 Å². The van der Waals surface area contributed by atoms with E-state index in [9.17, 15) is 4.79 Å². The first-order valence-corrected chi connectivity index (χ1v) is 10.4. The number of fused-ring (bicyclic) bond motifs is 1. The molecule has 0 aliphatic carbocycles. The number of amides is 1. The highest BCUT2D eigenvalue weighted by atomic mass is 16.5. The summed E-state index contributed by atoms with van der Waals surface area (Å²) in [5.74, 6) is 1.28. The maximum atomic E-state index is 13.0. The summed E-state index contributed by atoms with van der Waals surface area (Å²) < 4.78 is 13.1. The molecule has 1 aliphatic heterocycles. The third kappa shape index (κ3) is 3.84. The second kappa shape index (κ2) is 8.34. The van der Waals surface area contributed by atoms with Crippen molar-refractivity contribution in [2.24, 2.45) is 7.05 Å². The Bertz CT molecular complexity index is 1060. The van der Waals surface area contributed by atoms with Gasteiger partial charge in [-0.3, -0.25) is 4.79 Å². The lowest BCUT2D eigenvalue weighted by atomic mass is 10.0. The second-order valence-electron chi connectivity index (χ2n) is 7.74. The van der Waals surface area contributed by atoms with Crippen LogP contribution in [0.5, 0.6) is 11.6 Å². The number of aryl methyl sites for hydroxylation is 3. The maximum absolute atomic E-state index is 13.0. The number of rotatable bonds is 6. The van der Waals surface area contributed by atoms with Crippen LogP contribution >= 0.6 is 0 Å². The summed E-state index contributed by atoms with van der Waals surface area (Å²) in [5, 5.41) is 5.30. The third-order valence-electron chi connectivity index (χ3n) is 5.57. The van der Waals surface area contributed by atoms with E-state index < -0.39 is 0 Å². The molecule has 3 aromatic rings. The highest BCUT2D eigenvalue weighted by molar-refractivity contribution is 5.86. The fourth-order valence-corrected chi connectivity index (χ4v) is 4.23. The molecule has 0 spiro atoms. The first kappa shape index (κ1) is 20.2. The van der Waals surface area contributed by atoms with Gasteiger partial charge >= 0.3 is 0 Å². The van der Waals surface area contributed by atoms with Crippen LogP contribution in [0.2, 0.25) is 0 Å². The molecular formula is C23H28N4O3. The quantitative estimate of drug-likeness (QED) is 0.622. The summed E-state index contributed by atoms with van der Waals surface area (Å²) in [6.45, 7) is 7.28. The Morgan fingerprint density at radius 3 is 2.70 bits per heavy atom. The molecule has 0 radical (unpaired) electrons. The number of hydrogen-bond donors (Lipinski definition) is 0. The van der Waals surface area contributed by atoms with Crippen LogP contribution in [0.4, 0.5) is 0 Å². The van der Waals surface area contributed by atoms with Crippen molar-refractivity contribution in [3.8, 4) is 11.6 Å². The monoisotopic (exact) mass is 408 g/mol. The summed E-state index contributed by atoms with van der Waals surface area (Å²) in [4.78, 5) is 19.4. The van der Waals surface area contributed by atoms with Gasteiger partial charge in [0, 0.05) is 19.3 Å². The maximum Gasteiger partial charge on any atom is 0.261 e. The number of nitrogens with zero attached hydrogens (tertiary/aromatic N) is 4. The Kier molecular flexibility index (Phi) is 5.61. The molecule has 7 nitrogen and oxygen atoms in total. The van der Waals surface area contributed by atoms with E-state index in [1.165, 1.54) is 0 Å². The van der Waals surface area contributed by atoms with Gasteiger partial charge in [-0.05, 0) is 62.9 Å². The van der Waals surface area contributed by atoms with E-state index in [1.54, 1.807) is 4.68 Å². The van der Waals surface area contributed by atoms with Crippen LogP contribution < -0.4 is 9.47 Å². The van der Waals surface area contributed by atoms with Crippen molar-refractivity contribution in [3.63, 3.8) is 0 Å². The van der Waals surface area contributed by atoms with Gasteiger partial charge in [0.2, 0.25) is 5.88 Å². The normalized spacial score (nSPS) is 16.3. The second-order valence-corrected chi connectivity index (χ2v) is 7.74. The molecule has 1 aromatic carbocycles. The Morgan fingerprint density at radius 2 is 1.97 bits per heavy atom.